The highest BCUT2D eigenvalue weighted by molar-refractivity contribution is 5.03. The second kappa shape index (κ2) is 31.8. The molecule has 5 unspecified atom stereocenters. The maximum Gasteiger partial charge on any atom is 0.187 e. The van der Waals surface area contributed by atoms with Crippen molar-refractivity contribution in [3.05, 3.63) is 0 Å². The van der Waals surface area contributed by atoms with E-state index in [2.05, 4.69) is 42.5 Å². The Kier molecular flexibility index (Phi) is 27.5. The smallest absolute Gasteiger partial charge is 0.187 e. The van der Waals surface area contributed by atoms with E-state index in [1.807, 2.05) is 6.92 Å². The minimum Gasteiger partial charge on any atom is -0.390 e. The summed E-state index contributed by atoms with van der Waals surface area (Å²) in [6.45, 7) is 10.4. The monoisotopic (exact) mass is 1090 g/mol. The van der Waals surface area contributed by atoms with Crippen molar-refractivity contribution in [2.75, 3.05) is 118 Å². The summed E-state index contributed by atoms with van der Waals surface area (Å²) in [7, 11) is 1.40. The van der Waals surface area contributed by atoms with Crippen LogP contribution in [0.5, 0.6) is 0 Å². The summed E-state index contributed by atoms with van der Waals surface area (Å²) in [5.74, 6) is -1.50. The Bertz CT molecular complexity index is 1590. The number of hydrogen-bond donors (Lipinski definition) is 19. The molecule has 25 atom stereocenters. The maximum atomic E-state index is 12.0. The van der Waals surface area contributed by atoms with Gasteiger partial charge in [0.15, 0.2) is 12.6 Å². The average Bonchev–Trinajstić information content (AvgIpc) is 3.38. The lowest BCUT2D eigenvalue weighted by molar-refractivity contribution is -0.365. The van der Waals surface area contributed by atoms with E-state index in [4.69, 9.17) is 38.9 Å². The zero-order chi connectivity index (χ0) is 52.2. The molecule has 0 spiro atoms. The third-order valence-electron chi connectivity index (χ3n) is 16.0. The van der Waals surface area contributed by atoms with Crippen molar-refractivity contribution in [2.24, 2.45) is 29.4 Å². The molecule has 3 aliphatic carbocycles. The molecule has 7 aliphatic rings. The highest BCUT2D eigenvalue weighted by Gasteiger charge is 2.55. The molecule has 4 bridgehead atoms. The highest BCUT2D eigenvalue weighted by Crippen LogP contribution is 2.40. The summed E-state index contributed by atoms with van der Waals surface area (Å²) in [4.78, 5) is 0. The Morgan fingerprint density at radius 1 is 0.480 bits per heavy atom. The third kappa shape index (κ3) is 16.6. The largest absolute Gasteiger partial charge is 0.390 e. The van der Waals surface area contributed by atoms with Crippen LogP contribution >= 0.6 is 0 Å². The van der Waals surface area contributed by atoms with Gasteiger partial charge in [-0.1, -0.05) is 21.8 Å². The lowest BCUT2D eigenvalue weighted by Crippen LogP contribution is -2.67. The number of aliphatic hydroxyl groups is 10. The predicted octanol–water partition coefficient (Wildman–Crippen LogP) is -7.99. The summed E-state index contributed by atoms with van der Waals surface area (Å²) in [6, 6.07) is 0. The highest BCUT2D eigenvalue weighted by atomic mass is 16.7. The van der Waals surface area contributed by atoms with Crippen molar-refractivity contribution >= 4 is 0 Å². The fourth-order valence-corrected chi connectivity index (χ4v) is 11.8. The average molecular weight is 1090 g/mol. The molecule has 4 aliphatic heterocycles. The molecule has 7 rings (SSSR count). The number of fused-ring (bicyclic) bond motifs is 6. The zero-order valence-electron chi connectivity index (χ0n) is 42.5. The first kappa shape index (κ1) is 64.8. The molecule has 442 valence electrons. The molecule has 75 heavy (non-hydrogen) atoms. The van der Waals surface area contributed by atoms with Crippen LogP contribution < -0.4 is 48.3 Å². The van der Waals surface area contributed by atoms with Gasteiger partial charge in [-0.2, -0.15) is 0 Å². The number of nitrogens with two attached hydrogens (primary N) is 1. The summed E-state index contributed by atoms with van der Waals surface area (Å²) >= 11 is 0. The number of methoxy groups -OCH3 is 1. The Hall–Kier alpha value is -1.04. The van der Waals surface area contributed by atoms with E-state index in [1.165, 1.54) is 7.11 Å². The Balaban J connectivity index is 0.00000520. The maximum absolute atomic E-state index is 12.0. The lowest BCUT2D eigenvalue weighted by Gasteiger charge is -2.50. The van der Waals surface area contributed by atoms with Gasteiger partial charge in [0, 0.05) is 136 Å². The van der Waals surface area contributed by atoms with Gasteiger partial charge in [-0.3, -0.25) is 0 Å². The van der Waals surface area contributed by atoms with Crippen molar-refractivity contribution < 1.29 is 84.2 Å². The molecule has 3 saturated carbocycles. The second-order valence-corrected chi connectivity index (χ2v) is 21.2. The Labute approximate surface area is 443 Å². The topological polar surface area (TPSA) is 389 Å². The van der Waals surface area contributed by atoms with Crippen molar-refractivity contribution in [3.63, 3.8) is 0 Å². The quantitative estimate of drug-likeness (QED) is 0.0807. The standard InChI is InChI=1S/C47H91N9O17.2CH4/c1-23-15-24(18-52-10-5-49-4-3-48)41(34(60)31(23)57)68-27-16-25-19-53-11-6-50-7-12-54-20-26-17-28(69-42(25)35(61)32(27)58)33(59)36(62)43(26)72-46-40(66)38(64)45-30(71-46)22-56-14-9-51-8-13-55-21-29-44(67-2)37(63)39(65)47(70-29)73-45;;/h23-47,49-66H,3-22,48H2,1-2H3;2*1H4/t23-,24+,25+,26+,27-,28-,29+,30+,31-,32-,33-,34+,35+,36+,37+,38+,39+,40+,41?,42?,43?,44?,45?,46+,47+;;/m0../s1. The van der Waals surface area contributed by atoms with Gasteiger partial charge in [-0.05, 0) is 25.2 Å². The van der Waals surface area contributed by atoms with Crippen LogP contribution in [-0.2, 0) is 33.2 Å². The number of hydrogen-bond acceptors (Lipinski definition) is 26. The fourth-order valence-electron chi connectivity index (χ4n) is 11.8. The molecule has 0 aromatic carbocycles. The van der Waals surface area contributed by atoms with Crippen LogP contribution in [-0.4, -0.2) is 298 Å². The van der Waals surface area contributed by atoms with Gasteiger partial charge in [-0.25, -0.2) is 0 Å². The van der Waals surface area contributed by atoms with E-state index in [9.17, 15) is 51.1 Å². The first-order valence-corrected chi connectivity index (χ1v) is 26.9. The van der Waals surface area contributed by atoms with Crippen LogP contribution in [0.2, 0.25) is 0 Å². The molecule has 4 saturated heterocycles. The molecule has 0 radical (unpaired) electrons. The summed E-state index contributed by atoms with van der Waals surface area (Å²) in [5, 5.41) is 142. The zero-order valence-corrected chi connectivity index (χ0v) is 42.5. The van der Waals surface area contributed by atoms with Crippen LogP contribution in [0.25, 0.3) is 0 Å². The minimum absolute atomic E-state index is 0. The molecular weight excluding hydrogens is 987 g/mol. The first-order valence-electron chi connectivity index (χ1n) is 26.9. The normalized spacial score (nSPS) is 46.1. The lowest BCUT2D eigenvalue weighted by atomic mass is 9.75. The molecule has 0 aromatic rings. The Morgan fingerprint density at radius 3 is 1.71 bits per heavy atom. The second-order valence-electron chi connectivity index (χ2n) is 21.2. The van der Waals surface area contributed by atoms with Crippen molar-refractivity contribution in [1.29, 1.82) is 0 Å². The predicted molar refractivity (Wildman–Crippen MR) is 274 cm³/mol. The van der Waals surface area contributed by atoms with Gasteiger partial charge in [-0.15, -0.1) is 0 Å². The molecule has 20 N–H and O–H groups in total. The van der Waals surface area contributed by atoms with E-state index in [0.717, 1.165) is 0 Å². The van der Waals surface area contributed by atoms with E-state index in [1.54, 1.807) is 0 Å². The van der Waals surface area contributed by atoms with Crippen molar-refractivity contribution in [3.8, 4) is 0 Å². The van der Waals surface area contributed by atoms with Crippen molar-refractivity contribution in [1.82, 2.24) is 42.5 Å². The molecule has 4 heterocycles. The summed E-state index contributed by atoms with van der Waals surface area (Å²) in [6.07, 6.45) is -26.2. The Morgan fingerprint density at radius 2 is 1.05 bits per heavy atom. The van der Waals surface area contributed by atoms with Gasteiger partial charge in [0.1, 0.15) is 79.4 Å². The van der Waals surface area contributed by atoms with Gasteiger partial charge >= 0.3 is 0 Å². The molecule has 0 amide bonds. The molecule has 7 fully saturated rings. The molecule has 26 heteroatoms. The number of ether oxygens (including phenoxy) is 7. The first-order chi connectivity index (χ1) is 35.2. The van der Waals surface area contributed by atoms with Gasteiger partial charge < -0.3 is 132 Å². The van der Waals surface area contributed by atoms with Crippen molar-refractivity contribution in [2.45, 2.75) is 170 Å². The summed E-state index contributed by atoms with van der Waals surface area (Å²) in [5.41, 5.74) is 5.60. The van der Waals surface area contributed by atoms with Gasteiger partial charge in [0.25, 0.3) is 0 Å². The van der Waals surface area contributed by atoms with Crippen LogP contribution in [0.1, 0.15) is 41.0 Å². The molecule has 0 aromatic heterocycles. The summed E-state index contributed by atoms with van der Waals surface area (Å²) < 4.78 is 43.8. The fraction of sp³-hybridized carbons (Fsp3) is 1.00. The third-order valence-corrected chi connectivity index (χ3v) is 16.0. The van der Waals surface area contributed by atoms with Crippen LogP contribution in [0, 0.1) is 23.7 Å². The van der Waals surface area contributed by atoms with Crippen LogP contribution in [0.15, 0.2) is 0 Å². The minimum atomic E-state index is -1.77. The number of rotatable bonds is 12. The van der Waals surface area contributed by atoms with Gasteiger partial charge in [0.2, 0.25) is 0 Å². The van der Waals surface area contributed by atoms with E-state index in [-0.39, 0.29) is 59.2 Å². The van der Waals surface area contributed by atoms with E-state index >= 15 is 0 Å². The van der Waals surface area contributed by atoms with E-state index in [0.29, 0.717) is 98.0 Å². The molecular formula is C49H99N9O17. The SMILES string of the molecule is C.C.COC1[C@H]2CNCCNCCNC[C@H]3O[C@H](OC4[C@H]5CNCCNCCNC[C@H]6C[C@H](OC7[C@@H](CNCCNCCN)C[C@H](C)[C@H](O)[C@H]7O)[C@H](O)[C@@H](O)C6O[C@@H](C5)[C@H](O)[C@H]4O)[C@H](O)[C@@H](O)C3O[C@@H](O2)[C@H](O)[C@H]1O. The number of aliphatic hydroxyl groups excluding tert-OH is 10. The number of nitrogens with one attached hydrogen (secondary N) is 8. The van der Waals surface area contributed by atoms with Crippen LogP contribution in [0.3, 0.4) is 0 Å². The van der Waals surface area contributed by atoms with Gasteiger partial charge in [0.05, 0.1) is 36.6 Å². The van der Waals surface area contributed by atoms with E-state index < -0.39 is 140 Å². The molecule has 26 nitrogen and oxygen atoms in total. The van der Waals surface area contributed by atoms with Crippen LogP contribution in [0.4, 0.5) is 0 Å².